The monoisotopic (exact) mass is 328 g/mol. The Bertz CT molecular complexity index is 701. The number of carbonyl (C=O) groups excluding carboxylic acids is 1. The van der Waals surface area contributed by atoms with E-state index in [1.165, 1.54) is 17.4 Å². The lowest BCUT2D eigenvalue weighted by Crippen LogP contribution is -2.42. The summed E-state index contributed by atoms with van der Waals surface area (Å²) < 4.78 is 0. The molecule has 0 radical (unpaired) electrons. The Morgan fingerprint density at radius 1 is 1.35 bits per heavy atom. The van der Waals surface area contributed by atoms with Crippen molar-refractivity contribution in [2.75, 3.05) is 12.3 Å². The van der Waals surface area contributed by atoms with Gasteiger partial charge in [0.15, 0.2) is 0 Å². The summed E-state index contributed by atoms with van der Waals surface area (Å²) in [6.07, 6.45) is 4.44. The average molecular weight is 328 g/mol. The van der Waals surface area contributed by atoms with Crippen molar-refractivity contribution in [1.29, 1.82) is 0 Å². The predicted molar refractivity (Wildman–Crippen MR) is 96.9 cm³/mol. The van der Waals surface area contributed by atoms with E-state index in [9.17, 15) is 4.79 Å². The first-order valence-electron chi connectivity index (χ1n) is 8.50. The number of piperidine rings is 1. The van der Waals surface area contributed by atoms with Crippen LogP contribution in [0.3, 0.4) is 0 Å². The largest absolute Gasteiger partial charge is 0.339 e. The van der Waals surface area contributed by atoms with E-state index in [2.05, 4.69) is 26.0 Å². The Morgan fingerprint density at radius 2 is 2.17 bits per heavy atom. The lowest BCUT2D eigenvalue weighted by molar-refractivity contribution is -0.131. The number of rotatable bonds is 4. The zero-order valence-electron chi connectivity index (χ0n) is 13.9. The van der Waals surface area contributed by atoms with Gasteiger partial charge in [-0.05, 0) is 50.3 Å². The van der Waals surface area contributed by atoms with Gasteiger partial charge in [0.25, 0.3) is 0 Å². The van der Waals surface area contributed by atoms with Gasteiger partial charge in [0.1, 0.15) is 5.03 Å². The van der Waals surface area contributed by atoms with Gasteiger partial charge in [0.05, 0.1) is 11.3 Å². The molecule has 1 aliphatic rings. The molecule has 2 heterocycles. The molecule has 4 heteroatoms. The van der Waals surface area contributed by atoms with Gasteiger partial charge in [0, 0.05) is 18.0 Å². The van der Waals surface area contributed by atoms with E-state index in [4.69, 9.17) is 4.98 Å². The molecule has 1 saturated heterocycles. The minimum atomic E-state index is 0.249. The number of hydrogen-bond donors (Lipinski definition) is 0. The van der Waals surface area contributed by atoms with Crippen molar-refractivity contribution < 1.29 is 4.79 Å². The highest BCUT2D eigenvalue weighted by Gasteiger charge is 2.23. The highest BCUT2D eigenvalue weighted by Crippen LogP contribution is 2.26. The second kappa shape index (κ2) is 7.35. The maximum absolute atomic E-state index is 12.5. The molecule has 122 valence electrons. The van der Waals surface area contributed by atoms with Gasteiger partial charge < -0.3 is 4.90 Å². The van der Waals surface area contributed by atoms with Crippen LogP contribution in [0.5, 0.6) is 0 Å². The van der Waals surface area contributed by atoms with Crippen molar-refractivity contribution in [2.45, 2.75) is 50.6 Å². The fourth-order valence-electron chi connectivity index (χ4n) is 3.20. The van der Waals surface area contributed by atoms with E-state index in [0.29, 0.717) is 11.8 Å². The number of aromatic nitrogens is 1. The lowest BCUT2D eigenvalue weighted by Gasteiger charge is -2.33. The Hall–Kier alpha value is -1.55. The van der Waals surface area contributed by atoms with Crippen LogP contribution >= 0.6 is 11.8 Å². The number of nitrogens with zero attached hydrogens (tertiary/aromatic N) is 2. The minimum absolute atomic E-state index is 0.249. The molecule has 1 aromatic carbocycles. The zero-order valence-corrected chi connectivity index (χ0v) is 14.7. The van der Waals surface area contributed by atoms with Crippen molar-refractivity contribution >= 4 is 28.6 Å². The molecular formula is C19H24N2OS. The van der Waals surface area contributed by atoms with Gasteiger partial charge in [-0.3, -0.25) is 4.79 Å². The van der Waals surface area contributed by atoms with Crippen LogP contribution in [-0.4, -0.2) is 34.1 Å². The Balaban J connectivity index is 1.74. The maximum Gasteiger partial charge on any atom is 0.233 e. The SMILES string of the molecule is CCc1cc2ccccc2nc1SCC(=O)N1CCCC[C@@H]1C. The van der Waals surface area contributed by atoms with Crippen LogP contribution in [0.25, 0.3) is 10.9 Å². The smallest absolute Gasteiger partial charge is 0.233 e. The molecule has 23 heavy (non-hydrogen) atoms. The van der Waals surface area contributed by atoms with Gasteiger partial charge in [-0.15, -0.1) is 0 Å². The quantitative estimate of drug-likeness (QED) is 0.785. The molecule has 1 aliphatic heterocycles. The number of likely N-dealkylation sites (tertiary alicyclic amines) is 1. The number of hydrogen-bond acceptors (Lipinski definition) is 3. The molecular weight excluding hydrogens is 304 g/mol. The molecule has 1 aromatic heterocycles. The summed E-state index contributed by atoms with van der Waals surface area (Å²) in [6, 6.07) is 10.8. The van der Waals surface area contributed by atoms with Crippen LogP contribution < -0.4 is 0 Å². The van der Waals surface area contributed by atoms with Gasteiger partial charge in [-0.25, -0.2) is 4.98 Å². The number of fused-ring (bicyclic) bond motifs is 1. The second-order valence-electron chi connectivity index (χ2n) is 6.22. The normalized spacial score (nSPS) is 18.3. The topological polar surface area (TPSA) is 33.2 Å². The van der Waals surface area contributed by atoms with E-state index in [-0.39, 0.29) is 5.91 Å². The summed E-state index contributed by atoms with van der Waals surface area (Å²) in [5, 5.41) is 2.17. The summed E-state index contributed by atoms with van der Waals surface area (Å²) >= 11 is 1.59. The Kier molecular flexibility index (Phi) is 5.21. The van der Waals surface area contributed by atoms with Crippen LogP contribution in [0, 0.1) is 0 Å². The van der Waals surface area contributed by atoms with Gasteiger partial charge in [0.2, 0.25) is 5.91 Å². The van der Waals surface area contributed by atoms with Crippen molar-refractivity contribution in [3.8, 4) is 0 Å². The van der Waals surface area contributed by atoms with Gasteiger partial charge in [-0.2, -0.15) is 0 Å². The second-order valence-corrected chi connectivity index (χ2v) is 7.18. The van der Waals surface area contributed by atoms with Gasteiger partial charge in [-0.1, -0.05) is 36.9 Å². The highest BCUT2D eigenvalue weighted by molar-refractivity contribution is 7.99. The molecule has 3 rings (SSSR count). The van der Waals surface area contributed by atoms with Crippen molar-refractivity contribution in [3.63, 3.8) is 0 Å². The molecule has 0 unspecified atom stereocenters. The standard InChI is InChI=1S/C19H24N2OS/c1-3-15-12-16-9-4-5-10-17(16)20-19(15)23-13-18(22)21-11-7-6-8-14(21)2/h4-5,9-10,12,14H,3,6-8,11,13H2,1-2H3/t14-/m0/s1. The molecule has 1 fully saturated rings. The number of aryl methyl sites for hydroxylation is 1. The van der Waals surface area contributed by atoms with Crippen molar-refractivity contribution in [3.05, 3.63) is 35.9 Å². The predicted octanol–water partition coefficient (Wildman–Crippen LogP) is 4.29. The average Bonchev–Trinajstić information content (AvgIpc) is 2.59. The molecule has 0 aliphatic carbocycles. The maximum atomic E-state index is 12.5. The first kappa shape index (κ1) is 16.3. The molecule has 0 N–H and O–H groups in total. The summed E-state index contributed by atoms with van der Waals surface area (Å²) in [7, 11) is 0. The van der Waals surface area contributed by atoms with E-state index >= 15 is 0 Å². The fourth-order valence-corrected chi connectivity index (χ4v) is 4.18. The van der Waals surface area contributed by atoms with E-state index in [1.807, 2.05) is 23.1 Å². The lowest BCUT2D eigenvalue weighted by atomic mass is 10.0. The van der Waals surface area contributed by atoms with E-state index < -0.39 is 0 Å². The number of carbonyl (C=O) groups is 1. The zero-order chi connectivity index (χ0) is 16.2. The molecule has 0 spiro atoms. The number of para-hydroxylation sites is 1. The number of amides is 1. The summed E-state index contributed by atoms with van der Waals surface area (Å²) in [5.74, 6) is 0.738. The molecule has 1 amide bonds. The van der Waals surface area contributed by atoms with E-state index in [1.54, 1.807) is 11.8 Å². The van der Waals surface area contributed by atoms with Crippen LogP contribution in [-0.2, 0) is 11.2 Å². The molecule has 3 nitrogen and oxygen atoms in total. The van der Waals surface area contributed by atoms with E-state index in [0.717, 1.165) is 36.3 Å². The fraction of sp³-hybridized carbons (Fsp3) is 0.474. The highest BCUT2D eigenvalue weighted by atomic mass is 32.2. The first-order valence-corrected chi connectivity index (χ1v) is 9.48. The molecule has 0 bridgehead atoms. The number of pyridine rings is 1. The van der Waals surface area contributed by atoms with Crippen molar-refractivity contribution in [1.82, 2.24) is 9.88 Å². The summed E-state index contributed by atoms with van der Waals surface area (Å²) in [5.41, 5.74) is 2.24. The third-order valence-electron chi connectivity index (χ3n) is 4.60. The number of benzene rings is 1. The van der Waals surface area contributed by atoms with Crippen LogP contribution in [0.15, 0.2) is 35.4 Å². The van der Waals surface area contributed by atoms with Crippen LogP contribution in [0.4, 0.5) is 0 Å². The Morgan fingerprint density at radius 3 is 2.96 bits per heavy atom. The molecule has 0 saturated carbocycles. The molecule has 2 aromatic rings. The van der Waals surface area contributed by atoms with Gasteiger partial charge >= 0.3 is 0 Å². The molecule has 1 atom stereocenters. The third-order valence-corrected chi connectivity index (χ3v) is 5.62. The Labute approximate surface area is 142 Å². The minimum Gasteiger partial charge on any atom is -0.339 e. The summed E-state index contributed by atoms with van der Waals surface area (Å²) in [4.78, 5) is 19.3. The first-order chi connectivity index (χ1) is 11.2. The summed E-state index contributed by atoms with van der Waals surface area (Å²) in [6.45, 7) is 5.21. The third kappa shape index (κ3) is 3.69. The van der Waals surface area contributed by atoms with Crippen LogP contribution in [0.1, 0.15) is 38.7 Å². The number of thioether (sulfide) groups is 1. The van der Waals surface area contributed by atoms with Crippen molar-refractivity contribution in [2.24, 2.45) is 0 Å². The van der Waals surface area contributed by atoms with Crippen LogP contribution in [0.2, 0.25) is 0 Å².